The molecule has 2 aliphatic rings. The average Bonchev–Trinajstić information content (AvgIpc) is 3.28. The van der Waals surface area contributed by atoms with E-state index >= 15 is 0 Å². The van der Waals surface area contributed by atoms with Gasteiger partial charge in [0.05, 0.1) is 23.3 Å². The smallest absolute Gasteiger partial charge is 0.273 e. The maximum absolute atomic E-state index is 12.7. The Morgan fingerprint density at radius 1 is 1.38 bits per heavy atom. The third-order valence-electron chi connectivity index (χ3n) is 4.88. The highest BCUT2D eigenvalue weighted by atomic mass is 32.1. The highest BCUT2D eigenvalue weighted by molar-refractivity contribution is 7.09. The molecule has 0 radical (unpaired) electrons. The number of aromatic nitrogens is 3. The first-order valence-corrected chi connectivity index (χ1v) is 9.33. The second-order valence-electron chi connectivity index (χ2n) is 6.54. The maximum Gasteiger partial charge on any atom is 0.273 e. The molecule has 0 bridgehead atoms. The van der Waals surface area contributed by atoms with Crippen molar-refractivity contribution in [2.24, 2.45) is 0 Å². The fourth-order valence-corrected chi connectivity index (χ4v) is 4.26. The molecular weight excluding hydrogens is 324 g/mol. The summed E-state index contributed by atoms with van der Waals surface area (Å²) < 4.78 is 1.55. The number of thiazole rings is 1. The molecule has 1 fully saturated rings. The zero-order chi connectivity index (χ0) is 16.7. The first kappa shape index (κ1) is 15.5. The summed E-state index contributed by atoms with van der Waals surface area (Å²) in [5.41, 5.74) is 2.59. The van der Waals surface area contributed by atoms with Crippen LogP contribution in [0.25, 0.3) is 0 Å². The average molecular weight is 344 g/mol. The van der Waals surface area contributed by atoms with Gasteiger partial charge in [-0.2, -0.15) is 5.10 Å². The summed E-state index contributed by atoms with van der Waals surface area (Å²) in [6.07, 6.45) is 4.83. The Kier molecular flexibility index (Phi) is 3.96. The molecule has 7 heteroatoms. The Bertz CT molecular complexity index is 841. The molecule has 3 heterocycles. The molecule has 2 aromatic rings. The van der Waals surface area contributed by atoms with Crippen LogP contribution < -0.4 is 5.56 Å². The first-order valence-electron chi connectivity index (χ1n) is 8.45. The van der Waals surface area contributed by atoms with Gasteiger partial charge >= 0.3 is 0 Å². The van der Waals surface area contributed by atoms with Gasteiger partial charge in [0.1, 0.15) is 5.69 Å². The molecule has 24 heavy (non-hydrogen) atoms. The summed E-state index contributed by atoms with van der Waals surface area (Å²) >= 11 is 1.49. The van der Waals surface area contributed by atoms with E-state index in [1.807, 2.05) is 17.2 Å². The van der Waals surface area contributed by atoms with Gasteiger partial charge in [-0.3, -0.25) is 9.59 Å². The molecule has 4 rings (SSSR count). The normalized spacial score (nSPS) is 19.7. The quantitative estimate of drug-likeness (QED) is 0.851. The summed E-state index contributed by atoms with van der Waals surface area (Å²) in [5.74, 6) is -0.0314. The molecule has 2 aromatic heterocycles. The number of hydrogen-bond acceptors (Lipinski definition) is 5. The summed E-state index contributed by atoms with van der Waals surface area (Å²) in [6.45, 7) is 3.09. The molecule has 126 valence electrons. The van der Waals surface area contributed by atoms with Gasteiger partial charge in [-0.1, -0.05) is 0 Å². The maximum atomic E-state index is 12.7. The van der Waals surface area contributed by atoms with E-state index in [1.165, 1.54) is 11.3 Å². The van der Waals surface area contributed by atoms with Crippen LogP contribution in [0.1, 0.15) is 46.0 Å². The van der Waals surface area contributed by atoms with Crippen molar-refractivity contribution >= 4 is 17.2 Å². The fraction of sp³-hybridized carbons (Fsp3) is 0.529. The zero-order valence-electron chi connectivity index (χ0n) is 13.7. The highest BCUT2D eigenvalue weighted by Crippen LogP contribution is 2.22. The number of rotatable bonds is 3. The van der Waals surface area contributed by atoms with Crippen LogP contribution in [0.15, 0.2) is 16.2 Å². The SMILES string of the molecule is Cc1nc(C(=O)N2CCCC2Cn2nc3c(cc2=O)CCC3)cs1. The number of hydrogen-bond donors (Lipinski definition) is 0. The van der Waals surface area contributed by atoms with Gasteiger partial charge in [0, 0.05) is 18.0 Å². The van der Waals surface area contributed by atoms with Crippen molar-refractivity contribution in [1.82, 2.24) is 19.7 Å². The molecule has 1 saturated heterocycles. The van der Waals surface area contributed by atoms with Gasteiger partial charge in [0.25, 0.3) is 11.5 Å². The number of likely N-dealkylation sites (tertiary alicyclic amines) is 1. The fourth-order valence-electron chi connectivity index (χ4n) is 3.67. The van der Waals surface area contributed by atoms with Crippen molar-refractivity contribution in [3.63, 3.8) is 0 Å². The van der Waals surface area contributed by atoms with Crippen molar-refractivity contribution in [2.75, 3.05) is 6.54 Å². The lowest BCUT2D eigenvalue weighted by Gasteiger charge is -2.24. The monoisotopic (exact) mass is 344 g/mol. The summed E-state index contributed by atoms with van der Waals surface area (Å²) in [7, 11) is 0. The number of aryl methyl sites for hydroxylation is 3. The number of carbonyl (C=O) groups is 1. The molecule has 1 aliphatic heterocycles. The molecule has 1 amide bonds. The lowest BCUT2D eigenvalue weighted by Crippen LogP contribution is -2.41. The number of carbonyl (C=O) groups excluding carboxylic acids is 1. The van der Waals surface area contributed by atoms with Gasteiger partial charge in [-0.15, -0.1) is 11.3 Å². The lowest BCUT2D eigenvalue weighted by molar-refractivity contribution is 0.0715. The van der Waals surface area contributed by atoms with E-state index in [-0.39, 0.29) is 17.5 Å². The zero-order valence-corrected chi connectivity index (χ0v) is 14.5. The van der Waals surface area contributed by atoms with E-state index in [2.05, 4.69) is 10.1 Å². The topological polar surface area (TPSA) is 68.1 Å². The summed E-state index contributed by atoms with van der Waals surface area (Å²) in [5, 5.41) is 7.25. The van der Waals surface area contributed by atoms with E-state index in [0.29, 0.717) is 12.2 Å². The van der Waals surface area contributed by atoms with Crippen LogP contribution in [0.4, 0.5) is 0 Å². The molecule has 0 aromatic carbocycles. The van der Waals surface area contributed by atoms with Crippen LogP contribution in [0.2, 0.25) is 0 Å². The summed E-state index contributed by atoms with van der Waals surface area (Å²) in [4.78, 5) is 31.2. The van der Waals surface area contributed by atoms with Gasteiger partial charge in [-0.05, 0) is 44.6 Å². The standard InChI is InChI=1S/C17H20N4O2S/c1-11-18-15(10-24-11)17(23)20-7-3-5-13(20)9-21-16(22)8-12-4-2-6-14(12)19-21/h8,10,13H,2-7,9H2,1H3. The van der Waals surface area contributed by atoms with Crippen molar-refractivity contribution in [1.29, 1.82) is 0 Å². The van der Waals surface area contributed by atoms with Crippen LogP contribution in [0, 0.1) is 6.92 Å². The van der Waals surface area contributed by atoms with Gasteiger partial charge in [-0.25, -0.2) is 9.67 Å². The number of fused-ring (bicyclic) bond motifs is 1. The minimum atomic E-state index is -0.0561. The Labute approximate surface area is 144 Å². The van der Waals surface area contributed by atoms with Crippen molar-refractivity contribution in [2.45, 2.75) is 51.6 Å². The first-order chi connectivity index (χ1) is 11.6. The van der Waals surface area contributed by atoms with Crippen molar-refractivity contribution < 1.29 is 4.79 Å². The van der Waals surface area contributed by atoms with E-state index < -0.39 is 0 Å². The predicted octanol–water partition coefficient (Wildman–Crippen LogP) is 1.80. The van der Waals surface area contributed by atoms with Crippen LogP contribution in [0.3, 0.4) is 0 Å². The van der Waals surface area contributed by atoms with E-state index in [1.54, 1.807) is 10.7 Å². The molecule has 1 unspecified atom stereocenters. The second kappa shape index (κ2) is 6.12. The highest BCUT2D eigenvalue weighted by Gasteiger charge is 2.31. The third kappa shape index (κ3) is 2.77. The molecule has 1 aliphatic carbocycles. The van der Waals surface area contributed by atoms with Crippen LogP contribution in [-0.2, 0) is 19.4 Å². The van der Waals surface area contributed by atoms with E-state index in [4.69, 9.17) is 0 Å². The Balaban J connectivity index is 1.56. The van der Waals surface area contributed by atoms with Crippen LogP contribution in [0.5, 0.6) is 0 Å². The van der Waals surface area contributed by atoms with E-state index in [0.717, 1.165) is 54.9 Å². The molecular formula is C17H20N4O2S. The van der Waals surface area contributed by atoms with Gasteiger partial charge < -0.3 is 4.90 Å². The largest absolute Gasteiger partial charge is 0.332 e. The van der Waals surface area contributed by atoms with Crippen LogP contribution in [-0.4, -0.2) is 38.2 Å². The van der Waals surface area contributed by atoms with Crippen molar-refractivity contribution in [3.8, 4) is 0 Å². The van der Waals surface area contributed by atoms with Crippen molar-refractivity contribution in [3.05, 3.63) is 43.8 Å². The minimum absolute atomic E-state index is 0.0177. The predicted molar refractivity (Wildman–Crippen MR) is 91.4 cm³/mol. The molecule has 0 N–H and O–H groups in total. The molecule has 0 spiro atoms. The Morgan fingerprint density at radius 2 is 2.25 bits per heavy atom. The second-order valence-corrected chi connectivity index (χ2v) is 7.60. The number of amides is 1. The van der Waals surface area contributed by atoms with E-state index in [9.17, 15) is 9.59 Å². The third-order valence-corrected chi connectivity index (χ3v) is 5.66. The Morgan fingerprint density at radius 3 is 3.04 bits per heavy atom. The molecule has 1 atom stereocenters. The van der Waals surface area contributed by atoms with Crippen LogP contribution >= 0.6 is 11.3 Å². The van der Waals surface area contributed by atoms with Gasteiger partial charge in [0.15, 0.2) is 0 Å². The lowest BCUT2D eigenvalue weighted by atomic mass is 10.2. The minimum Gasteiger partial charge on any atom is -0.332 e. The number of nitrogens with zero attached hydrogens (tertiary/aromatic N) is 4. The van der Waals surface area contributed by atoms with Gasteiger partial charge in [0.2, 0.25) is 0 Å². The molecule has 0 saturated carbocycles. The summed E-state index contributed by atoms with van der Waals surface area (Å²) in [6, 6.07) is 1.74. The Hall–Kier alpha value is -2.02. The molecule has 6 nitrogen and oxygen atoms in total.